The number of hydrogen-bond acceptors (Lipinski definition) is 3. The second-order valence-electron chi connectivity index (χ2n) is 7.93. The van der Waals surface area contributed by atoms with Gasteiger partial charge in [-0.25, -0.2) is 0 Å². The van der Waals surface area contributed by atoms with Gasteiger partial charge in [-0.3, -0.25) is 0 Å². The smallest absolute Gasteiger partial charge is 0.133 e. The lowest BCUT2D eigenvalue weighted by atomic mass is 9.86. The average molecular weight is 386 g/mol. The normalized spacial score (nSPS) is 10.8. The van der Waals surface area contributed by atoms with Gasteiger partial charge in [0.05, 0.1) is 7.11 Å². The van der Waals surface area contributed by atoms with Crippen molar-refractivity contribution < 1.29 is 9.47 Å². The van der Waals surface area contributed by atoms with Crippen LogP contribution in [0.15, 0.2) is 30.3 Å². The molecule has 0 unspecified atom stereocenters. The third-order valence-electron chi connectivity index (χ3n) is 4.52. The van der Waals surface area contributed by atoms with Gasteiger partial charge >= 0.3 is 0 Å². The maximum absolute atomic E-state index is 6.27. The van der Waals surface area contributed by atoms with Crippen molar-refractivity contribution in [2.45, 2.75) is 73.6 Å². The van der Waals surface area contributed by atoms with Crippen molar-refractivity contribution in [3.63, 3.8) is 0 Å². The van der Waals surface area contributed by atoms with Crippen LogP contribution in [0.1, 0.15) is 71.1 Å². The summed E-state index contributed by atoms with van der Waals surface area (Å²) in [5.41, 5.74) is 4.56. The van der Waals surface area contributed by atoms with E-state index in [0.29, 0.717) is 0 Å². The Morgan fingerprint density at radius 2 is 1.57 bits per heavy atom. The molecule has 0 radical (unpaired) electrons. The molecule has 0 saturated carbocycles. The van der Waals surface area contributed by atoms with Gasteiger partial charge in [-0.15, -0.1) is 0 Å². The molecule has 0 aliphatic heterocycles. The van der Waals surface area contributed by atoms with Gasteiger partial charge in [-0.05, 0) is 67.1 Å². The molecule has 0 aromatic heterocycles. The van der Waals surface area contributed by atoms with E-state index in [1.165, 1.54) is 12.8 Å². The monoisotopic (exact) mass is 385 g/mol. The molecule has 0 saturated heterocycles. The summed E-state index contributed by atoms with van der Waals surface area (Å²) in [7, 11) is 1.71. The summed E-state index contributed by atoms with van der Waals surface area (Å²) in [5.74, 6) is 2.67. The summed E-state index contributed by atoms with van der Waals surface area (Å²) in [4.78, 5) is 0. The van der Waals surface area contributed by atoms with Gasteiger partial charge in [0.2, 0.25) is 0 Å². The number of nitrogens with one attached hydrogen (secondary N) is 1. The molecule has 1 N–H and O–H groups in total. The molecule has 0 atom stereocenters. The predicted molar refractivity (Wildman–Crippen MR) is 122 cm³/mol. The van der Waals surface area contributed by atoms with Gasteiger partial charge in [0.25, 0.3) is 0 Å². The number of benzene rings is 2. The molecule has 0 aliphatic rings. The van der Waals surface area contributed by atoms with E-state index in [1.54, 1.807) is 7.11 Å². The van der Waals surface area contributed by atoms with Crippen LogP contribution in [-0.2, 0) is 5.41 Å². The minimum atomic E-state index is -0.0120. The maximum Gasteiger partial charge on any atom is 0.133 e. The molecule has 156 valence electrons. The Labute approximate surface area is 172 Å². The Kier molecular flexibility index (Phi) is 9.37. The van der Waals surface area contributed by atoms with Crippen molar-refractivity contribution in [2.24, 2.45) is 0 Å². The van der Waals surface area contributed by atoms with E-state index in [4.69, 9.17) is 9.47 Å². The van der Waals surface area contributed by atoms with Crippen LogP contribution in [0.5, 0.6) is 17.2 Å². The van der Waals surface area contributed by atoms with Crippen LogP contribution < -0.4 is 14.8 Å². The molecule has 3 nitrogen and oxygen atoms in total. The Morgan fingerprint density at radius 3 is 2.07 bits per heavy atom. The lowest BCUT2D eigenvalue weighted by molar-refractivity contribution is 0.394. The molecule has 0 spiro atoms. The SMILES string of the molecule is CC.CCCCNc1cc(C)c(Oc2ccc(OC)c(C(C)(C)C)c2)c(C)c1. The van der Waals surface area contributed by atoms with Crippen LogP contribution in [0.2, 0.25) is 0 Å². The zero-order chi connectivity index (χ0) is 21.3. The molecule has 2 aromatic rings. The second kappa shape index (κ2) is 11.0. The molecule has 28 heavy (non-hydrogen) atoms. The number of rotatable bonds is 7. The lowest BCUT2D eigenvalue weighted by Gasteiger charge is -2.23. The standard InChI is InChI=1S/C23H33NO2.C2H6/c1-8-9-12-24-18-13-16(2)22(17(3)14-18)26-19-10-11-21(25-7)20(15-19)23(4,5)6;1-2/h10-11,13-15,24H,8-9,12H2,1-7H3;1-2H3. The fourth-order valence-electron chi connectivity index (χ4n) is 3.08. The third-order valence-corrected chi connectivity index (χ3v) is 4.52. The lowest BCUT2D eigenvalue weighted by Crippen LogP contribution is -2.13. The van der Waals surface area contributed by atoms with Gasteiger partial charge in [0, 0.05) is 17.8 Å². The van der Waals surface area contributed by atoms with Gasteiger partial charge < -0.3 is 14.8 Å². The average Bonchev–Trinajstić information content (AvgIpc) is 2.66. The largest absolute Gasteiger partial charge is 0.496 e. The highest BCUT2D eigenvalue weighted by Crippen LogP contribution is 2.37. The van der Waals surface area contributed by atoms with Crippen LogP contribution in [0.3, 0.4) is 0 Å². The van der Waals surface area contributed by atoms with Crippen molar-refractivity contribution in [1.29, 1.82) is 0 Å². The molecule has 0 aliphatic carbocycles. The van der Waals surface area contributed by atoms with E-state index in [-0.39, 0.29) is 5.41 Å². The summed E-state index contributed by atoms with van der Waals surface area (Å²) in [6, 6.07) is 10.4. The van der Waals surface area contributed by atoms with Gasteiger partial charge in [0.1, 0.15) is 17.2 Å². The molecular formula is C25H39NO2. The minimum Gasteiger partial charge on any atom is -0.496 e. The first kappa shape index (κ1) is 23.9. The Morgan fingerprint density at radius 1 is 0.964 bits per heavy atom. The zero-order valence-electron chi connectivity index (χ0n) is 19.3. The van der Waals surface area contributed by atoms with E-state index in [0.717, 1.165) is 46.2 Å². The van der Waals surface area contributed by atoms with Gasteiger partial charge in [0.15, 0.2) is 0 Å². The quantitative estimate of drug-likeness (QED) is 0.497. The first-order chi connectivity index (χ1) is 13.3. The van der Waals surface area contributed by atoms with Crippen molar-refractivity contribution in [2.75, 3.05) is 19.0 Å². The number of anilines is 1. The predicted octanol–water partition coefficient (Wildman–Crippen LogP) is 7.64. The van der Waals surface area contributed by atoms with E-state index in [2.05, 4.69) is 65.1 Å². The number of unbranched alkanes of at least 4 members (excludes halogenated alkanes) is 1. The molecule has 0 heterocycles. The van der Waals surface area contributed by atoms with E-state index in [1.807, 2.05) is 26.0 Å². The number of methoxy groups -OCH3 is 1. The van der Waals surface area contributed by atoms with E-state index < -0.39 is 0 Å². The van der Waals surface area contributed by atoms with Crippen molar-refractivity contribution in [1.82, 2.24) is 0 Å². The van der Waals surface area contributed by atoms with Crippen molar-refractivity contribution in [3.8, 4) is 17.2 Å². The van der Waals surface area contributed by atoms with E-state index in [9.17, 15) is 0 Å². The number of hydrogen-bond donors (Lipinski definition) is 1. The number of ether oxygens (including phenoxy) is 2. The topological polar surface area (TPSA) is 30.5 Å². The Hall–Kier alpha value is -2.16. The maximum atomic E-state index is 6.27. The zero-order valence-corrected chi connectivity index (χ0v) is 19.3. The fourth-order valence-corrected chi connectivity index (χ4v) is 3.08. The Bertz CT molecular complexity index is 722. The molecule has 0 fully saturated rings. The number of aryl methyl sites for hydroxylation is 2. The van der Waals surface area contributed by atoms with E-state index >= 15 is 0 Å². The van der Waals surface area contributed by atoms with Crippen molar-refractivity contribution in [3.05, 3.63) is 47.0 Å². The van der Waals surface area contributed by atoms with Crippen LogP contribution in [0, 0.1) is 13.8 Å². The summed E-state index contributed by atoms with van der Waals surface area (Å²) in [6.07, 6.45) is 2.37. The second-order valence-corrected chi connectivity index (χ2v) is 7.93. The first-order valence-electron chi connectivity index (χ1n) is 10.5. The van der Waals surface area contributed by atoms with Crippen LogP contribution in [0.4, 0.5) is 5.69 Å². The highest BCUT2D eigenvalue weighted by molar-refractivity contribution is 5.56. The van der Waals surface area contributed by atoms with Crippen LogP contribution >= 0.6 is 0 Å². The Balaban J connectivity index is 0.00000190. The highest BCUT2D eigenvalue weighted by Gasteiger charge is 2.20. The van der Waals surface area contributed by atoms with Gasteiger partial charge in [-0.2, -0.15) is 0 Å². The molecule has 0 bridgehead atoms. The summed E-state index contributed by atoms with van der Waals surface area (Å²) in [6.45, 7) is 18.0. The molecule has 2 aromatic carbocycles. The molecule has 2 rings (SSSR count). The third kappa shape index (κ3) is 6.47. The molecular weight excluding hydrogens is 346 g/mol. The minimum absolute atomic E-state index is 0.0120. The summed E-state index contributed by atoms with van der Waals surface area (Å²) >= 11 is 0. The fraction of sp³-hybridized carbons (Fsp3) is 0.520. The summed E-state index contributed by atoms with van der Waals surface area (Å²) in [5, 5.41) is 3.49. The first-order valence-corrected chi connectivity index (χ1v) is 10.5. The van der Waals surface area contributed by atoms with Crippen molar-refractivity contribution >= 4 is 5.69 Å². The van der Waals surface area contributed by atoms with Crippen LogP contribution in [0.25, 0.3) is 0 Å². The molecule has 0 amide bonds. The van der Waals surface area contributed by atoms with Crippen LogP contribution in [-0.4, -0.2) is 13.7 Å². The van der Waals surface area contributed by atoms with Gasteiger partial charge in [-0.1, -0.05) is 48.0 Å². The summed E-state index contributed by atoms with van der Waals surface area (Å²) < 4.78 is 11.8. The highest BCUT2D eigenvalue weighted by atomic mass is 16.5. The molecule has 3 heteroatoms.